The van der Waals surface area contributed by atoms with Crippen molar-refractivity contribution in [2.24, 2.45) is 0 Å². The Hall–Kier alpha value is -3.45. The number of nitrogens with zero attached hydrogens (tertiary/aromatic N) is 1. The summed E-state index contributed by atoms with van der Waals surface area (Å²) in [7, 11) is 1.55. The predicted molar refractivity (Wildman–Crippen MR) is 145 cm³/mol. The van der Waals surface area contributed by atoms with Gasteiger partial charge in [0.25, 0.3) is 5.91 Å². The number of rotatable bonds is 6. The topological polar surface area (TPSA) is 50.8 Å². The van der Waals surface area contributed by atoms with Crippen LogP contribution in [0.4, 0.5) is 15.8 Å². The van der Waals surface area contributed by atoms with E-state index in [1.165, 1.54) is 11.0 Å². The fraction of sp³-hybridized carbons (Fsp3) is 0.107. The molecule has 0 radical (unpaired) electrons. The van der Waals surface area contributed by atoms with Gasteiger partial charge in [0.2, 0.25) is 0 Å². The lowest BCUT2D eigenvalue weighted by atomic mass is 10.0. The van der Waals surface area contributed by atoms with Crippen LogP contribution in [0.2, 0.25) is 15.1 Å². The molecule has 1 N–H and O–H groups in total. The Labute approximate surface area is 228 Å². The Morgan fingerprint density at radius 1 is 0.946 bits per heavy atom. The number of halogens is 4. The first-order valence-corrected chi connectivity index (χ1v) is 12.4. The summed E-state index contributed by atoms with van der Waals surface area (Å²) in [5.74, 6) is 0.0157. The van der Waals surface area contributed by atoms with Crippen LogP contribution in [-0.2, 0) is 6.61 Å². The van der Waals surface area contributed by atoms with E-state index in [-0.39, 0.29) is 34.0 Å². The van der Waals surface area contributed by atoms with E-state index in [1.54, 1.807) is 55.6 Å². The van der Waals surface area contributed by atoms with Crippen LogP contribution in [0.3, 0.4) is 0 Å². The van der Waals surface area contributed by atoms with Crippen molar-refractivity contribution >= 4 is 52.1 Å². The third-order valence-electron chi connectivity index (χ3n) is 5.99. The molecule has 0 saturated heterocycles. The Balaban J connectivity index is 1.55. The molecule has 1 aliphatic heterocycles. The molecule has 5 nitrogen and oxygen atoms in total. The lowest BCUT2D eigenvalue weighted by Gasteiger charge is -2.38. The highest BCUT2D eigenvalue weighted by Gasteiger charge is 2.35. The van der Waals surface area contributed by atoms with Gasteiger partial charge in [-0.1, -0.05) is 65.1 Å². The Morgan fingerprint density at radius 2 is 1.65 bits per heavy atom. The summed E-state index contributed by atoms with van der Waals surface area (Å²) in [4.78, 5) is 15.0. The van der Waals surface area contributed by atoms with Crippen molar-refractivity contribution in [3.8, 4) is 11.5 Å². The monoisotopic (exact) mass is 556 g/mol. The van der Waals surface area contributed by atoms with Crippen molar-refractivity contribution < 1.29 is 18.7 Å². The molecule has 1 atom stereocenters. The molecule has 5 rings (SSSR count). The van der Waals surface area contributed by atoms with E-state index in [2.05, 4.69) is 5.32 Å². The number of hydrogen-bond donors (Lipinski definition) is 1. The molecule has 4 aromatic carbocycles. The number of carbonyl (C=O) groups excluding carboxylic acids is 1. The van der Waals surface area contributed by atoms with Crippen LogP contribution in [0.1, 0.15) is 27.7 Å². The van der Waals surface area contributed by atoms with E-state index >= 15 is 0 Å². The van der Waals surface area contributed by atoms with Gasteiger partial charge in [-0.3, -0.25) is 9.69 Å². The van der Waals surface area contributed by atoms with Crippen LogP contribution in [0.25, 0.3) is 0 Å². The number of ether oxygens (including phenoxy) is 2. The first-order chi connectivity index (χ1) is 17.9. The van der Waals surface area contributed by atoms with Gasteiger partial charge in [-0.25, -0.2) is 4.39 Å². The second-order valence-corrected chi connectivity index (χ2v) is 9.53. The van der Waals surface area contributed by atoms with Crippen molar-refractivity contribution in [1.82, 2.24) is 0 Å². The summed E-state index contributed by atoms with van der Waals surface area (Å²) in [5, 5.41) is 4.32. The average Bonchev–Trinajstić information content (AvgIpc) is 2.88. The number of hydrogen-bond acceptors (Lipinski definition) is 4. The van der Waals surface area contributed by atoms with Crippen LogP contribution in [0.5, 0.6) is 11.5 Å². The summed E-state index contributed by atoms with van der Waals surface area (Å²) in [6.07, 6.45) is -0.702. The van der Waals surface area contributed by atoms with Crippen LogP contribution in [0, 0.1) is 5.82 Å². The molecule has 188 valence electrons. The number of carbonyl (C=O) groups is 1. The Morgan fingerprint density at radius 3 is 2.38 bits per heavy atom. The number of fused-ring (bicyclic) bond motifs is 1. The highest BCUT2D eigenvalue weighted by atomic mass is 35.5. The Bertz CT molecular complexity index is 1470. The number of amides is 1. The molecule has 1 amide bonds. The quantitative estimate of drug-likeness (QED) is 0.260. The SMILES string of the molecule is COc1ccc(C2Nc3ccccc3C(=O)N2c2ccccc2F)cc1COc1c(Cl)cc(Cl)cc1Cl. The fourth-order valence-electron chi connectivity index (χ4n) is 4.28. The molecule has 0 aromatic heterocycles. The maximum Gasteiger partial charge on any atom is 0.262 e. The zero-order valence-electron chi connectivity index (χ0n) is 19.5. The zero-order valence-corrected chi connectivity index (χ0v) is 21.7. The van der Waals surface area contributed by atoms with Crippen molar-refractivity contribution in [2.45, 2.75) is 12.8 Å². The minimum atomic E-state index is -0.702. The van der Waals surface area contributed by atoms with Crippen molar-refractivity contribution in [2.75, 3.05) is 17.3 Å². The number of methoxy groups -OCH3 is 1. The van der Waals surface area contributed by atoms with E-state index in [1.807, 2.05) is 24.3 Å². The lowest BCUT2D eigenvalue weighted by molar-refractivity contribution is 0.0974. The molecule has 1 unspecified atom stereocenters. The molecule has 4 aromatic rings. The largest absolute Gasteiger partial charge is 0.496 e. The van der Waals surface area contributed by atoms with E-state index in [0.717, 1.165) is 0 Å². The van der Waals surface area contributed by atoms with E-state index < -0.39 is 12.0 Å². The zero-order chi connectivity index (χ0) is 26.1. The highest BCUT2D eigenvalue weighted by molar-refractivity contribution is 6.40. The summed E-state index contributed by atoms with van der Waals surface area (Å²) in [5.41, 5.74) is 2.62. The molecule has 1 heterocycles. The van der Waals surface area contributed by atoms with E-state index in [9.17, 15) is 9.18 Å². The van der Waals surface area contributed by atoms with Gasteiger partial charge in [-0.05, 0) is 54.1 Å². The second kappa shape index (κ2) is 10.5. The minimum absolute atomic E-state index is 0.0645. The van der Waals surface area contributed by atoms with Gasteiger partial charge in [0, 0.05) is 16.3 Å². The molecule has 0 bridgehead atoms. The number of anilines is 2. The van der Waals surface area contributed by atoms with Gasteiger partial charge in [0.1, 0.15) is 24.3 Å². The first-order valence-electron chi connectivity index (χ1n) is 11.2. The third kappa shape index (κ3) is 4.92. The molecule has 0 saturated carbocycles. The van der Waals surface area contributed by atoms with E-state index in [0.29, 0.717) is 33.1 Å². The predicted octanol–water partition coefficient (Wildman–Crippen LogP) is 8.14. The summed E-state index contributed by atoms with van der Waals surface area (Å²) in [6, 6.07) is 21.8. The van der Waals surface area contributed by atoms with Crippen LogP contribution in [0.15, 0.2) is 78.9 Å². The molecule has 9 heteroatoms. The van der Waals surface area contributed by atoms with Gasteiger partial charge in [0.15, 0.2) is 5.75 Å². The summed E-state index contributed by atoms with van der Waals surface area (Å²) in [6.45, 7) is 0.0645. The van der Waals surface area contributed by atoms with Crippen molar-refractivity contribution in [3.63, 3.8) is 0 Å². The molecule has 0 spiro atoms. The van der Waals surface area contributed by atoms with Crippen LogP contribution in [-0.4, -0.2) is 13.0 Å². The first kappa shape index (κ1) is 25.2. The van der Waals surface area contributed by atoms with Crippen molar-refractivity contribution in [1.29, 1.82) is 0 Å². The molecule has 0 fully saturated rings. The smallest absolute Gasteiger partial charge is 0.262 e. The molecular formula is C28H20Cl3FN2O3. The molecule has 37 heavy (non-hydrogen) atoms. The average molecular weight is 558 g/mol. The minimum Gasteiger partial charge on any atom is -0.496 e. The van der Waals surface area contributed by atoms with Gasteiger partial charge >= 0.3 is 0 Å². The van der Waals surface area contributed by atoms with Gasteiger partial charge < -0.3 is 14.8 Å². The van der Waals surface area contributed by atoms with Crippen molar-refractivity contribution in [3.05, 3.63) is 116 Å². The van der Waals surface area contributed by atoms with Crippen LogP contribution < -0.4 is 19.7 Å². The van der Waals surface area contributed by atoms with Gasteiger partial charge in [-0.2, -0.15) is 0 Å². The molecule has 1 aliphatic rings. The number of benzene rings is 4. The molecule has 0 aliphatic carbocycles. The van der Waals surface area contributed by atoms with Gasteiger partial charge in [0.05, 0.1) is 28.4 Å². The second-order valence-electron chi connectivity index (χ2n) is 8.28. The maximum absolute atomic E-state index is 14.9. The highest BCUT2D eigenvalue weighted by Crippen LogP contribution is 2.40. The molecular weight excluding hydrogens is 538 g/mol. The lowest BCUT2D eigenvalue weighted by Crippen LogP contribution is -2.43. The van der Waals surface area contributed by atoms with E-state index in [4.69, 9.17) is 44.3 Å². The third-order valence-corrected chi connectivity index (χ3v) is 6.77. The van der Waals surface area contributed by atoms with Gasteiger partial charge in [-0.15, -0.1) is 0 Å². The Kier molecular flexibility index (Phi) is 7.15. The van der Waals surface area contributed by atoms with Crippen LogP contribution >= 0.6 is 34.8 Å². The maximum atomic E-state index is 14.9. The fourth-order valence-corrected chi connectivity index (χ4v) is 5.21. The normalized spacial score (nSPS) is 14.7. The number of para-hydroxylation sites is 2. The standard InChI is InChI=1S/C28H20Cl3FN2O3/c1-36-25-11-10-16(12-17(25)15-37-26-20(30)13-18(29)14-21(26)31)27-33-23-8-4-2-6-19(23)28(35)34(27)24-9-5-3-7-22(24)32/h2-14,27,33H,15H2,1H3. The number of nitrogens with one attached hydrogen (secondary N) is 1. The summed E-state index contributed by atoms with van der Waals surface area (Å²) >= 11 is 18.6. The summed E-state index contributed by atoms with van der Waals surface area (Å²) < 4.78 is 26.4.